The molecule has 1 amide bonds. The first-order valence-corrected chi connectivity index (χ1v) is 8.37. The van der Waals surface area contributed by atoms with Crippen LogP contribution in [0.2, 0.25) is 0 Å². The highest BCUT2D eigenvalue weighted by molar-refractivity contribution is 9.10. The van der Waals surface area contributed by atoms with Gasteiger partial charge in [0.15, 0.2) is 0 Å². The van der Waals surface area contributed by atoms with Crippen LogP contribution in [-0.4, -0.2) is 42.8 Å². The summed E-state index contributed by atoms with van der Waals surface area (Å²) in [5.41, 5.74) is 1.22. The average molecular weight is 375 g/mol. The largest absolute Gasteiger partial charge is 0.481 e. The number of hydrogen-bond donors (Lipinski definition) is 2. The monoisotopic (exact) mass is 374 g/mol. The molecule has 2 aliphatic heterocycles. The van der Waals surface area contributed by atoms with E-state index in [1.54, 1.807) is 6.07 Å². The van der Waals surface area contributed by atoms with Crippen LogP contribution in [0.1, 0.15) is 5.56 Å². The summed E-state index contributed by atoms with van der Waals surface area (Å²) in [5.74, 6) is -1.83. The van der Waals surface area contributed by atoms with Gasteiger partial charge in [0.2, 0.25) is 15.9 Å². The van der Waals surface area contributed by atoms with Crippen LogP contribution >= 0.6 is 15.9 Å². The lowest BCUT2D eigenvalue weighted by Gasteiger charge is -2.35. The number of halogens is 1. The van der Waals surface area contributed by atoms with Crippen molar-refractivity contribution in [1.82, 2.24) is 4.31 Å². The highest BCUT2D eigenvalue weighted by Gasteiger charge is 2.41. The van der Waals surface area contributed by atoms with Gasteiger partial charge in [-0.3, -0.25) is 9.59 Å². The van der Waals surface area contributed by atoms with Gasteiger partial charge in [-0.2, -0.15) is 4.31 Å². The molecule has 2 aliphatic rings. The summed E-state index contributed by atoms with van der Waals surface area (Å²) in [5, 5.41) is 11.5. The second kappa shape index (κ2) is 4.79. The van der Waals surface area contributed by atoms with Crippen molar-refractivity contribution in [2.45, 2.75) is 11.3 Å². The maximum atomic E-state index is 12.5. The zero-order valence-electron chi connectivity index (χ0n) is 10.7. The molecule has 112 valence electrons. The fourth-order valence-electron chi connectivity index (χ4n) is 2.35. The fraction of sp³-hybridized carbons (Fsp3) is 0.333. The Kier molecular flexibility index (Phi) is 3.30. The number of carbonyl (C=O) groups excluding carboxylic acids is 1. The van der Waals surface area contributed by atoms with Gasteiger partial charge in [0.25, 0.3) is 0 Å². The van der Waals surface area contributed by atoms with Crippen molar-refractivity contribution in [1.29, 1.82) is 0 Å². The number of rotatable bonds is 3. The summed E-state index contributed by atoms with van der Waals surface area (Å²) in [6, 6.07) is 3.02. The molecule has 2 N–H and O–H groups in total. The minimum atomic E-state index is -3.75. The first kappa shape index (κ1) is 14.5. The van der Waals surface area contributed by atoms with Gasteiger partial charge in [-0.25, -0.2) is 8.42 Å². The van der Waals surface area contributed by atoms with Crippen LogP contribution < -0.4 is 5.32 Å². The van der Waals surface area contributed by atoms with Crippen LogP contribution in [0.5, 0.6) is 0 Å². The Morgan fingerprint density at radius 2 is 2.05 bits per heavy atom. The normalized spacial score (nSPS) is 19.0. The van der Waals surface area contributed by atoms with Gasteiger partial charge in [-0.05, 0) is 33.6 Å². The Balaban J connectivity index is 1.92. The van der Waals surface area contributed by atoms with Crippen LogP contribution in [0.15, 0.2) is 21.5 Å². The van der Waals surface area contributed by atoms with Crippen LogP contribution in [0.3, 0.4) is 0 Å². The van der Waals surface area contributed by atoms with E-state index >= 15 is 0 Å². The average Bonchev–Trinajstić information content (AvgIpc) is 2.63. The number of nitrogens with zero attached hydrogens (tertiary/aromatic N) is 1. The topological polar surface area (TPSA) is 104 Å². The van der Waals surface area contributed by atoms with Crippen molar-refractivity contribution in [3.63, 3.8) is 0 Å². The second-order valence-electron chi connectivity index (χ2n) is 5.02. The maximum Gasteiger partial charge on any atom is 0.309 e. The minimum Gasteiger partial charge on any atom is -0.481 e. The number of carboxylic acid groups (broad SMARTS) is 1. The van der Waals surface area contributed by atoms with E-state index in [1.165, 1.54) is 6.07 Å². The van der Waals surface area contributed by atoms with E-state index in [0.717, 1.165) is 4.31 Å². The lowest BCUT2D eigenvalue weighted by atomic mass is 10.0. The number of anilines is 1. The lowest BCUT2D eigenvalue weighted by molar-refractivity contribution is -0.145. The third-order valence-electron chi connectivity index (χ3n) is 3.60. The molecular formula is C12H11BrN2O5S. The Labute approximate surface area is 129 Å². The zero-order chi connectivity index (χ0) is 15.4. The number of carboxylic acids is 1. The Morgan fingerprint density at radius 1 is 1.38 bits per heavy atom. The van der Waals surface area contributed by atoms with Crippen molar-refractivity contribution in [3.05, 3.63) is 22.2 Å². The summed E-state index contributed by atoms with van der Waals surface area (Å²) in [6.07, 6.45) is 0.142. The molecule has 0 atom stereocenters. The molecule has 7 nitrogen and oxygen atoms in total. The van der Waals surface area contributed by atoms with Crippen LogP contribution in [0.25, 0.3) is 0 Å². The van der Waals surface area contributed by atoms with Gasteiger partial charge in [0.1, 0.15) is 0 Å². The maximum absolute atomic E-state index is 12.5. The molecule has 1 aromatic rings. The smallest absolute Gasteiger partial charge is 0.309 e. The third kappa shape index (κ3) is 2.34. The number of hydrogen-bond acceptors (Lipinski definition) is 4. The Morgan fingerprint density at radius 3 is 2.67 bits per heavy atom. The van der Waals surface area contributed by atoms with Crippen molar-refractivity contribution in [2.75, 3.05) is 18.4 Å². The van der Waals surface area contributed by atoms with Gasteiger partial charge in [-0.15, -0.1) is 0 Å². The van der Waals surface area contributed by atoms with E-state index in [0.29, 0.717) is 15.7 Å². The highest BCUT2D eigenvalue weighted by Crippen LogP contribution is 2.35. The van der Waals surface area contributed by atoms with E-state index < -0.39 is 21.9 Å². The molecule has 0 bridgehead atoms. The summed E-state index contributed by atoms with van der Waals surface area (Å²) in [4.78, 5) is 22.2. The van der Waals surface area contributed by atoms with Crippen molar-refractivity contribution in [3.8, 4) is 0 Å². The molecule has 3 rings (SSSR count). The molecule has 2 heterocycles. The van der Waals surface area contributed by atoms with Crippen LogP contribution in [0.4, 0.5) is 5.69 Å². The molecule has 0 spiro atoms. The molecule has 21 heavy (non-hydrogen) atoms. The second-order valence-corrected chi connectivity index (χ2v) is 7.78. The van der Waals surface area contributed by atoms with Crippen molar-refractivity contribution < 1.29 is 23.1 Å². The van der Waals surface area contributed by atoms with Crippen LogP contribution in [-0.2, 0) is 26.0 Å². The van der Waals surface area contributed by atoms with Gasteiger partial charge >= 0.3 is 5.97 Å². The quantitative estimate of drug-likeness (QED) is 0.808. The highest BCUT2D eigenvalue weighted by atomic mass is 79.9. The first-order valence-electron chi connectivity index (χ1n) is 6.14. The zero-order valence-corrected chi connectivity index (χ0v) is 13.1. The molecule has 1 saturated heterocycles. The Bertz CT molecular complexity index is 755. The van der Waals surface area contributed by atoms with Crippen molar-refractivity contribution in [2.24, 2.45) is 5.92 Å². The number of benzene rings is 1. The number of carbonyl (C=O) groups is 2. The summed E-state index contributed by atoms with van der Waals surface area (Å²) in [7, 11) is -3.75. The minimum absolute atomic E-state index is 0.0294. The number of fused-ring (bicyclic) bond motifs is 1. The van der Waals surface area contributed by atoms with Crippen LogP contribution in [0, 0.1) is 5.92 Å². The van der Waals surface area contributed by atoms with E-state index in [-0.39, 0.29) is 30.3 Å². The number of nitrogens with one attached hydrogen (secondary N) is 1. The summed E-state index contributed by atoms with van der Waals surface area (Å²) in [6.45, 7) is -0.0588. The predicted octanol–water partition coefficient (Wildman–Crippen LogP) is 0.649. The standard InChI is InChI=1S/C12H11BrN2O5S/c13-8-3-9-6(2-11(16)14-9)1-10(8)21(19,20)15-4-7(5-15)12(17)18/h1,3,7H,2,4-5H2,(H,14,16)(H,17,18). The molecule has 1 fully saturated rings. The van der Waals surface area contributed by atoms with E-state index in [1.807, 2.05) is 0 Å². The third-order valence-corrected chi connectivity index (χ3v) is 6.39. The molecule has 0 unspecified atom stereocenters. The molecule has 9 heteroatoms. The molecular weight excluding hydrogens is 364 g/mol. The lowest BCUT2D eigenvalue weighted by Crippen LogP contribution is -2.52. The van der Waals surface area contributed by atoms with Gasteiger partial charge in [0.05, 0.1) is 17.2 Å². The number of aliphatic carboxylic acids is 1. The molecule has 1 aromatic carbocycles. The van der Waals surface area contributed by atoms with Gasteiger partial charge in [0, 0.05) is 23.2 Å². The molecule has 0 aliphatic carbocycles. The number of sulfonamides is 1. The fourth-order valence-corrected chi connectivity index (χ4v) is 4.94. The SMILES string of the molecule is O=C1Cc2cc(S(=O)(=O)N3CC(C(=O)O)C3)c(Br)cc2N1. The Hall–Kier alpha value is -1.45. The van der Waals surface area contributed by atoms with Gasteiger partial charge in [-0.1, -0.05) is 0 Å². The van der Waals surface area contributed by atoms with E-state index in [9.17, 15) is 18.0 Å². The summed E-state index contributed by atoms with van der Waals surface area (Å²) >= 11 is 3.20. The van der Waals surface area contributed by atoms with E-state index in [4.69, 9.17) is 5.11 Å². The van der Waals surface area contributed by atoms with Gasteiger partial charge < -0.3 is 10.4 Å². The van der Waals surface area contributed by atoms with Crippen molar-refractivity contribution >= 4 is 43.5 Å². The predicted molar refractivity (Wildman–Crippen MR) is 76.4 cm³/mol. The number of amides is 1. The molecule has 0 radical (unpaired) electrons. The summed E-state index contributed by atoms with van der Waals surface area (Å²) < 4.78 is 26.4. The molecule has 0 saturated carbocycles. The first-order chi connectivity index (χ1) is 9.79. The van der Waals surface area contributed by atoms with E-state index in [2.05, 4.69) is 21.2 Å². The molecule has 0 aromatic heterocycles.